The second-order valence-electron chi connectivity index (χ2n) is 4.55. The lowest BCUT2D eigenvalue weighted by molar-refractivity contribution is 0.462. The van der Waals surface area contributed by atoms with Crippen molar-refractivity contribution in [3.05, 3.63) is 69.1 Å². The average molecular weight is 370 g/mol. The average Bonchev–Trinajstić information content (AvgIpc) is 2.89. The number of benzene rings is 2. The minimum Gasteiger partial charge on any atom is -0.457 e. The highest BCUT2D eigenvalue weighted by Gasteiger charge is 2.22. The molecule has 3 nitrogen and oxygen atoms in total. The molecule has 1 unspecified atom stereocenters. The Kier molecular flexibility index (Phi) is 3.99. The third kappa shape index (κ3) is 2.58. The summed E-state index contributed by atoms with van der Waals surface area (Å²) in [7, 11) is 0. The van der Waals surface area contributed by atoms with Crippen LogP contribution in [0.2, 0.25) is 5.02 Å². The molecule has 1 atom stereocenters. The molecule has 0 aliphatic carbocycles. The van der Waals surface area contributed by atoms with Crippen LogP contribution >= 0.6 is 27.5 Å². The van der Waals surface area contributed by atoms with Gasteiger partial charge < -0.3 is 4.42 Å². The molecule has 1 heterocycles. The Morgan fingerprint density at radius 3 is 2.71 bits per heavy atom. The van der Waals surface area contributed by atoms with Crippen LogP contribution in [0.15, 0.2) is 51.4 Å². The number of hydrogen-bond acceptors (Lipinski definition) is 3. The molecule has 0 fully saturated rings. The lowest BCUT2D eigenvalue weighted by Gasteiger charge is -2.15. The smallest absolute Gasteiger partial charge is 0.152 e. The number of rotatable bonds is 3. The van der Waals surface area contributed by atoms with Crippen LogP contribution in [0.1, 0.15) is 17.4 Å². The van der Waals surface area contributed by atoms with Crippen molar-refractivity contribution in [3.8, 4) is 0 Å². The van der Waals surface area contributed by atoms with Crippen LogP contribution in [0.25, 0.3) is 11.0 Å². The van der Waals surface area contributed by atoms with Crippen molar-refractivity contribution in [2.75, 3.05) is 0 Å². The van der Waals surface area contributed by atoms with Gasteiger partial charge in [0.1, 0.15) is 17.6 Å². The fraction of sp³-hybridized carbons (Fsp3) is 0.0667. The van der Waals surface area contributed by atoms with Gasteiger partial charge in [0.2, 0.25) is 0 Å². The maximum absolute atomic E-state index is 14.2. The Balaban J connectivity index is 2.14. The van der Waals surface area contributed by atoms with Crippen LogP contribution in [-0.2, 0) is 0 Å². The maximum atomic E-state index is 14.2. The first kappa shape index (κ1) is 14.5. The van der Waals surface area contributed by atoms with Crippen molar-refractivity contribution >= 4 is 38.5 Å². The van der Waals surface area contributed by atoms with Crippen molar-refractivity contribution < 1.29 is 8.81 Å². The molecule has 0 amide bonds. The third-order valence-electron chi connectivity index (χ3n) is 3.26. The van der Waals surface area contributed by atoms with E-state index in [0.29, 0.717) is 26.4 Å². The highest BCUT2D eigenvalue weighted by molar-refractivity contribution is 9.10. The molecule has 0 saturated heterocycles. The van der Waals surface area contributed by atoms with E-state index in [1.165, 1.54) is 0 Å². The predicted molar refractivity (Wildman–Crippen MR) is 84.5 cm³/mol. The number of fused-ring (bicyclic) bond motifs is 1. The topological polar surface area (TPSA) is 51.2 Å². The first-order valence-electron chi connectivity index (χ1n) is 6.20. The lowest BCUT2D eigenvalue weighted by Crippen LogP contribution is -2.29. The van der Waals surface area contributed by atoms with Crippen molar-refractivity contribution in [3.63, 3.8) is 0 Å². The van der Waals surface area contributed by atoms with Gasteiger partial charge in [0.15, 0.2) is 5.58 Å². The van der Waals surface area contributed by atoms with Crippen LogP contribution in [0.5, 0.6) is 0 Å². The Bertz CT molecular complexity index is 805. The molecule has 6 heteroatoms. The summed E-state index contributed by atoms with van der Waals surface area (Å²) in [5.74, 6) is 5.71. The summed E-state index contributed by atoms with van der Waals surface area (Å²) in [5, 5.41) is 1.34. The maximum Gasteiger partial charge on any atom is 0.152 e. The van der Waals surface area contributed by atoms with Gasteiger partial charge in [0.05, 0.1) is 9.50 Å². The van der Waals surface area contributed by atoms with Crippen molar-refractivity contribution in [1.29, 1.82) is 0 Å². The minimum absolute atomic E-state index is 0.370. The van der Waals surface area contributed by atoms with E-state index in [2.05, 4.69) is 21.4 Å². The largest absolute Gasteiger partial charge is 0.457 e. The molecule has 3 aromatic rings. The van der Waals surface area contributed by atoms with Crippen molar-refractivity contribution in [2.45, 2.75) is 6.04 Å². The van der Waals surface area contributed by atoms with E-state index in [9.17, 15) is 4.39 Å². The number of hydrazine groups is 1. The third-order valence-corrected chi connectivity index (χ3v) is 4.17. The Morgan fingerprint density at radius 1 is 1.24 bits per heavy atom. The monoisotopic (exact) mass is 368 g/mol. The van der Waals surface area contributed by atoms with E-state index >= 15 is 0 Å². The highest BCUT2D eigenvalue weighted by atomic mass is 79.9. The number of hydrogen-bond donors (Lipinski definition) is 2. The Morgan fingerprint density at radius 2 is 2.00 bits per heavy atom. The zero-order valence-electron chi connectivity index (χ0n) is 10.7. The molecule has 108 valence electrons. The van der Waals surface area contributed by atoms with E-state index < -0.39 is 6.04 Å². The second kappa shape index (κ2) is 5.77. The van der Waals surface area contributed by atoms with Gasteiger partial charge in [-0.05, 0) is 34.1 Å². The summed E-state index contributed by atoms with van der Waals surface area (Å²) in [4.78, 5) is 0. The molecular weight excluding hydrogens is 359 g/mol. The van der Waals surface area contributed by atoms with Crippen LogP contribution in [0, 0.1) is 5.82 Å². The van der Waals surface area contributed by atoms with E-state index in [1.807, 2.05) is 12.1 Å². The van der Waals surface area contributed by atoms with Crippen LogP contribution in [0.3, 0.4) is 0 Å². The molecule has 0 radical (unpaired) electrons. The van der Waals surface area contributed by atoms with Gasteiger partial charge in [-0.15, -0.1) is 0 Å². The summed E-state index contributed by atoms with van der Waals surface area (Å²) in [6.45, 7) is 0. The summed E-state index contributed by atoms with van der Waals surface area (Å²) >= 11 is 9.26. The molecule has 2 aromatic carbocycles. The van der Waals surface area contributed by atoms with Crippen molar-refractivity contribution in [2.24, 2.45) is 5.84 Å². The predicted octanol–water partition coefficient (Wildman–Crippen LogP) is 4.54. The SMILES string of the molecule is NNC(c1cc2cccc(Cl)c2o1)c1cccc(Br)c1F. The molecular formula is C15H11BrClFN2O. The van der Waals surface area contributed by atoms with E-state index in [4.69, 9.17) is 21.9 Å². The van der Waals surface area contributed by atoms with Crippen molar-refractivity contribution in [1.82, 2.24) is 5.43 Å². The van der Waals surface area contributed by atoms with Crippen LogP contribution in [-0.4, -0.2) is 0 Å². The molecule has 0 bridgehead atoms. The number of para-hydroxylation sites is 1. The van der Waals surface area contributed by atoms with Crippen LogP contribution < -0.4 is 11.3 Å². The van der Waals surface area contributed by atoms with E-state index in [1.54, 1.807) is 30.3 Å². The van der Waals surface area contributed by atoms with Crippen LogP contribution in [0.4, 0.5) is 4.39 Å². The van der Waals surface area contributed by atoms with Gasteiger partial charge >= 0.3 is 0 Å². The Hall–Kier alpha value is -1.40. The van der Waals surface area contributed by atoms with Gasteiger partial charge in [-0.1, -0.05) is 35.9 Å². The first-order chi connectivity index (χ1) is 10.1. The molecule has 3 rings (SSSR count). The lowest BCUT2D eigenvalue weighted by atomic mass is 10.0. The Labute approximate surface area is 134 Å². The summed E-state index contributed by atoms with van der Waals surface area (Å²) in [6.07, 6.45) is 0. The summed E-state index contributed by atoms with van der Waals surface area (Å²) in [6, 6.07) is 11.6. The molecule has 0 spiro atoms. The number of nitrogens with two attached hydrogens (primary N) is 1. The summed E-state index contributed by atoms with van der Waals surface area (Å²) < 4.78 is 20.4. The number of furan rings is 1. The normalized spacial score (nSPS) is 12.8. The fourth-order valence-corrected chi connectivity index (χ4v) is 2.86. The van der Waals surface area contributed by atoms with E-state index in [-0.39, 0.29) is 5.82 Å². The van der Waals surface area contributed by atoms with Gasteiger partial charge in [0, 0.05) is 10.9 Å². The standard InChI is InChI=1S/C15H11BrClFN2O/c16-10-5-2-4-9(13(10)18)14(20-19)12-7-8-3-1-6-11(17)15(8)21-12/h1-7,14,20H,19H2. The molecule has 21 heavy (non-hydrogen) atoms. The molecule has 0 saturated carbocycles. The fourth-order valence-electron chi connectivity index (χ4n) is 2.26. The zero-order valence-corrected chi connectivity index (χ0v) is 13.1. The summed E-state index contributed by atoms with van der Waals surface area (Å²) in [5.41, 5.74) is 3.54. The zero-order chi connectivity index (χ0) is 15.0. The minimum atomic E-state index is -0.606. The molecule has 3 N–H and O–H groups in total. The van der Waals surface area contributed by atoms with Gasteiger partial charge in [-0.25, -0.2) is 9.82 Å². The second-order valence-corrected chi connectivity index (χ2v) is 5.81. The molecule has 1 aromatic heterocycles. The first-order valence-corrected chi connectivity index (χ1v) is 7.37. The number of halogens is 3. The number of nitrogens with one attached hydrogen (secondary N) is 1. The quantitative estimate of drug-likeness (QED) is 0.526. The van der Waals surface area contributed by atoms with Gasteiger partial charge in [-0.2, -0.15) is 0 Å². The van der Waals surface area contributed by atoms with E-state index in [0.717, 1.165) is 5.39 Å². The highest BCUT2D eigenvalue weighted by Crippen LogP contribution is 2.33. The molecule has 0 aliphatic heterocycles. The van der Waals surface area contributed by atoms with Gasteiger partial charge in [-0.3, -0.25) is 5.84 Å². The molecule has 0 aliphatic rings. The van der Waals surface area contributed by atoms with Gasteiger partial charge in [0.25, 0.3) is 0 Å².